The molecule has 5 unspecified atom stereocenters. The molecule has 1 aromatic carbocycles. The largest absolute Gasteiger partial charge is 0.271 e. The molecule has 0 radical (unpaired) electrons. The number of nitrogens with one attached hydrogen (secondary N) is 1. The Hall–Kier alpha value is -0.860. The maximum atomic E-state index is 5.84. The Balaban J connectivity index is 1.75. The fourth-order valence-electron chi connectivity index (χ4n) is 4.10. The number of aryl methyl sites for hydroxylation is 1. The van der Waals surface area contributed by atoms with Crippen LogP contribution in [0, 0.1) is 17.8 Å². The van der Waals surface area contributed by atoms with E-state index in [2.05, 4.69) is 43.5 Å². The Morgan fingerprint density at radius 2 is 2.16 bits per heavy atom. The minimum absolute atomic E-state index is 0.496. The normalized spacial score (nSPS) is 31.2. The summed E-state index contributed by atoms with van der Waals surface area (Å²) in [7, 11) is 0. The summed E-state index contributed by atoms with van der Waals surface area (Å²) < 4.78 is 0. The van der Waals surface area contributed by atoms with Gasteiger partial charge < -0.3 is 0 Å². The van der Waals surface area contributed by atoms with Crippen LogP contribution in [-0.2, 0) is 6.42 Å². The van der Waals surface area contributed by atoms with Crippen molar-refractivity contribution in [2.45, 2.75) is 51.5 Å². The first kappa shape index (κ1) is 13.1. The summed E-state index contributed by atoms with van der Waals surface area (Å²) in [5, 5.41) is 0. The van der Waals surface area contributed by atoms with Gasteiger partial charge in [-0.2, -0.15) is 0 Å². The van der Waals surface area contributed by atoms with Crippen molar-refractivity contribution < 1.29 is 0 Å². The molecule has 1 saturated carbocycles. The molecule has 2 aliphatic rings. The molecule has 3 N–H and O–H groups in total. The lowest BCUT2D eigenvalue weighted by molar-refractivity contribution is 0.353. The van der Waals surface area contributed by atoms with Gasteiger partial charge in [-0.3, -0.25) is 11.3 Å². The number of hydrogen-bond acceptors (Lipinski definition) is 2. The van der Waals surface area contributed by atoms with Crippen molar-refractivity contribution in [1.82, 2.24) is 5.43 Å². The summed E-state index contributed by atoms with van der Waals surface area (Å²) in [5.41, 5.74) is 6.30. The Morgan fingerprint density at radius 3 is 2.89 bits per heavy atom. The molecule has 1 aromatic rings. The summed E-state index contributed by atoms with van der Waals surface area (Å²) in [6.45, 7) is 4.61. The third-order valence-corrected chi connectivity index (χ3v) is 5.42. The van der Waals surface area contributed by atoms with Gasteiger partial charge in [0.2, 0.25) is 0 Å². The van der Waals surface area contributed by atoms with Crippen LogP contribution in [0.5, 0.6) is 0 Å². The molecule has 0 amide bonds. The number of fused-ring (bicyclic) bond motifs is 3. The second kappa shape index (κ2) is 5.26. The molecule has 0 heterocycles. The lowest BCUT2D eigenvalue weighted by Crippen LogP contribution is -2.38. The van der Waals surface area contributed by atoms with E-state index in [0.717, 1.165) is 23.7 Å². The number of nitrogens with two attached hydrogens (primary N) is 1. The van der Waals surface area contributed by atoms with Gasteiger partial charge in [-0.1, -0.05) is 44.5 Å². The zero-order valence-electron chi connectivity index (χ0n) is 12.1. The van der Waals surface area contributed by atoms with Crippen LogP contribution < -0.4 is 11.3 Å². The van der Waals surface area contributed by atoms with E-state index in [0.29, 0.717) is 6.04 Å². The number of rotatable bonds is 5. The molecule has 0 bridgehead atoms. The fraction of sp³-hybridized carbons (Fsp3) is 0.647. The summed E-state index contributed by atoms with van der Waals surface area (Å²) in [6, 6.07) is 9.50. The molecule has 0 saturated heterocycles. The Kier molecular flexibility index (Phi) is 3.64. The molecule has 19 heavy (non-hydrogen) atoms. The Morgan fingerprint density at radius 1 is 1.37 bits per heavy atom. The molecular formula is C17H26N2. The zero-order valence-corrected chi connectivity index (χ0v) is 12.1. The van der Waals surface area contributed by atoms with Gasteiger partial charge in [0, 0.05) is 6.04 Å². The molecule has 104 valence electrons. The molecule has 2 aliphatic carbocycles. The molecule has 0 aromatic heterocycles. The van der Waals surface area contributed by atoms with Crippen molar-refractivity contribution in [3.63, 3.8) is 0 Å². The minimum Gasteiger partial charge on any atom is -0.271 e. The zero-order chi connectivity index (χ0) is 13.4. The predicted molar refractivity (Wildman–Crippen MR) is 79.7 cm³/mol. The van der Waals surface area contributed by atoms with Gasteiger partial charge in [0.05, 0.1) is 0 Å². The van der Waals surface area contributed by atoms with E-state index in [4.69, 9.17) is 5.84 Å². The summed E-state index contributed by atoms with van der Waals surface area (Å²) in [6.07, 6.45) is 5.07. The van der Waals surface area contributed by atoms with E-state index in [-0.39, 0.29) is 0 Å². The topological polar surface area (TPSA) is 38.0 Å². The Bertz CT molecular complexity index is 443. The van der Waals surface area contributed by atoms with E-state index >= 15 is 0 Å². The van der Waals surface area contributed by atoms with Crippen molar-refractivity contribution in [2.24, 2.45) is 23.6 Å². The van der Waals surface area contributed by atoms with Gasteiger partial charge in [-0.25, -0.2) is 0 Å². The van der Waals surface area contributed by atoms with E-state index < -0.39 is 0 Å². The van der Waals surface area contributed by atoms with Crippen LogP contribution in [0.4, 0.5) is 0 Å². The number of hydrazine groups is 1. The highest BCUT2D eigenvalue weighted by atomic mass is 15.2. The highest BCUT2D eigenvalue weighted by Crippen LogP contribution is 2.61. The van der Waals surface area contributed by atoms with Gasteiger partial charge in [0.15, 0.2) is 0 Å². The first-order valence-corrected chi connectivity index (χ1v) is 7.80. The van der Waals surface area contributed by atoms with Crippen LogP contribution in [0.15, 0.2) is 24.3 Å². The second-order valence-electron chi connectivity index (χ2n) is 6.53. The van der Waals surface area contributed by atoms with Crippen molar-refractivity contribution in [1.29, 1.82) is 0 Å². The second-order valence-corrected chi connectivity index (χ2v) is 6.53. The van der Waals surface area contributed by atoms with Crippen molar-refractivity contribution >= 4 is 0 Å². The molecule has 2 heteroatoms. The quantitative estimate of drug-likeness (QED) is 0.628. The first-order valence-electron chi connectivity index (χ1n) is 7.80. The van der Waals surface area contributed by atoms with Gasteiger partial charge in [-0.15, -0.1) is 0 Å². The van der Waals surface area contributed by atoms with Gasteiger partial charge in [0.1, 0.15) is 0 Å². The Labute approximate surface area is 116 Å². The highest BCUT2D eigenvalue weighted by molar-refractivity contribution is 5.40. The third kappa shape index (κ3) is 2.32. The predicted octanol–water partition coefficient (Wildman–Crippen LogP) is 3.23. The van der Waals surface area contributed by atoms with Crippen molar-refractivity contribution in [3.8, 4) is 0 Å². The molecule has 5 atom stereocenters. The highest BCUT2D eigenvalue weighted by Gasteiger charge is 2.55. The summed E-state index contributed by atoms with van der Waals surface area (Å²) >= 11 is 0. The smallest absolute Gasteiger partial charge is 0.0250 e. The number of benzene rings is 1. The van der Waals surface area contributed by atoms with Gasteiger partial charge >= 0.3 is 0 Å². The van der Waals surface area contributed by atoms with Crippen LogP contribution >= 0.6 is 0 Å². The van der Waals surface area contributed by atoms with E-state index in [1.807, 2.05) is 0 Å². The standard InChI is InChI=1S/C17H26N2/c1-3-11(2)10-15(19-18)17-14-9-8-12-6-4-5-7-13(12)16(14)17/h4-7,11,14-17,19H,3,8-10,18H2,1-2H3. The minimum atomic E-state index is 0.496. The molecule has 1 fully saturated rings. The van der Waals surface area contributed by atoms with Gasteiger partial charge in [0.25, 0.3) is 0 Å². The maximum absolute atomic E-state index is 5.84. The lowest BCUT2D eigenvalue weighted by atomic mass is 9.92. The lowest BCUT2D eigenvalue weighted by Gasteiger charge is -2.20. The summed E-state index contributed by atoms with van der Waals surface area (Å²) in [5.74, 6) is 9.02. The maximum Gasteiger partial charge on any atom is 0.0250 e. The fourth-order valence-corrected chi connectivity index (χ4v) is 4.10. The molecular weight excluding hydrogens is 232 g/mol. The average molecular weight is 258 g/mol. The first-order chi connectivity index (χ1) is 9.26. The molecule has 0 spiro atoms. The molecule has 2 nitrogen and oxygen atoms in total. The van der Waals surface area contributed by atoms with Crippen LogP contribution in [0.3, 0.4) is 0 Å². The van der Waals surface area contributed by atoms with Crippen LogP contribution in [0.2, 0.25) is 0 Å². The van der Waals surface area contributed by atoms with E-state index in [9.17, 15) is 0 Å². The average Bonchev–Trinajstić information content (AvgIpc) is 3.19. The SMILES string of the molecule is CCC(C)CC(NN)C1C2CCc3ccccc3C21. The van der Waals surface area contributed by atoms with Crippen molar-refractivity contribution in [2.75, 3.05) is 0 Å². The summed E-state index contributed by atoms with van der Waals surface area (Å²) in [4.78, 5) is 0. The van der Waals surface area contributed by atoms with E-state index in [1.54, 1.807) is 11.1 Å². The van der Waals surface area contributed by atoms with Crippen LogP contribution in [0.25, 0.3) is 0 Å². The molecule has 0 aliphatic heterocycles. The van der Waals surface area contributed by atoms with Crippen LogP contribution in [-0.4, -0.2) is 6.04 Å². The number of hydrogen-bond donors (Lipinski definition) is 2. The monoisotopic (exact) mass is 258 g/mol. The van der Waals surface area contributed by atoms with E-state index in [1.165, 1.54) is 25.7 Å². The van der Waals surface area contributed by atoms with Crippen LogP contribution in [0.1, 0.15) is 50.2 Å². The van der Waals surface area contributed by atoms with Gasteiger partial charge in [-0.05, 0) is 54.1 Å². The van der Waals surface area contributed by atoms with Crippen molar-refractivity contribution in [3.05, 3.63) is 35.4 Å². The third-order valence-electron chi connectivity index (χ3n) is 5.42. The molecule has 3 rings (SSSR count).